The van der Waals surface area contributed by atoms with Gasteiger partial charge in [-0.05, 0) is 36.1 Å². The van der Waals surface area contributed by atoms with Crippen LogP contribution in [0, 0.1) is 5.92 Å². The summed E-state index contributed by atoms with van der Waals surface area (Å²) < 4.78 is 11.1. The highest BCUT2D eigenvalue weighted by atomic mass is 16.6. The Balaban J connectivity index is 1.43. The summed E-state index contributed by atoms with van der Waals surface area (Å²) in [7, 11) is 0. The van der Waals surface area contributed by atoms with E-state index >= 15 is 0 Å². The summed E-state index contributed by atoms with van der Waals surface area (Å²) in [6.07, 6.45) is 4.76. The van der Waals surface area contributed by atoms with Gasteiger partial charge in [0.1, 0.15) is 13.2 Å². The van der Waals surface area contributed by atoms with Gasteiger partial charge in [0.05, 0.1) is 12.0 Å². The molecule has 2 atom stereocenters. The fourth-order valence-electron chi connectivity index (χ4n) is 3.80. The van der Waals surface area contributed by atoms with Crippen molar-refractivity contribution in [3.8, 4) is 11.5 Å². The molecule has 1 N–H and O–H groups in total. The van der Waals surface area contributed by atoms with E-state index in [4.69, 9.17) is 9.47 Å². The first-order chi connectivity index (χ1) is 13.7. The number of hydrogen-bond donors (Lipinski definition) is 1. The highest BCUT2D eigenvalue weighted by Gasteiger charge is 2.34. The second-order valence-corrected chi connectivity index (χ2v) is 7.19. The first kappa shape index (κ1) is 18.6. The molecule has 0 spiro atoms. The lowest BCUT2D eigenvalue weighted by atomic mass is 9.87. The molecule has 5 nitrogen and oxygen atoms in total. The van der Waals surface area contributed by atoms with E-state index in [1.807, 2.05) is 53.5 Å². The van der Waals surface area contributed by atoms with Crippen molar-refractivity contribution in [2.45, 2.75) is 18.9 Å². The predicted molar refractivity (Wildman–Crippen MR) is 107 cm³/mol. The van der Waals surface area contributed by atoms with Crippen LogP contribution in [-0.2, 0) is 4.79 Å². The summed E-state index contributed by atoms with van der Waals surface area (Å²) in [5.74, 6) is 0.895. The van der Waals surface area contributed by atoms with Crippen molar-refractivity contribution < 1.29 is 19.4 Å². The van der Waals surface area contributed by atoms with E-state index in [0.29, 0.717) is 43.2 Å². The minimum absolute atomic E-state index is 0.00588. The molecule has 146 valence electrons. The minimum Gasteiger partial charge on any atom is -0.486 e. The third-order valence-electron chi connectivity index (χ3n) is 5.30. The van der Waals surface area contributed by atoms with E-state index in [-0.39, 0.29) is 5.91 Å². The molecule has 1 fully saturated rings. The average Bonchev–Trinajstić information content (AvgIpc) is 2.75. The Labute approximate surface area is 165 Å². The zero-order chi connectivity index (χ0) is 19.3. The second-order valence-electron chi connectivity index (χ2n) is 7.19. The number of amides is 1. The van der Waals surface area contributed by atoms with Crippen LogP contribution in [0.3, 0.4) is 0 Å². The molecule has 0 saturated carbocycles. The second kappa shape index (κ2) is 8.48. The number of benzene rings is 2. The number of ether oxygens (including phenoxy) is 2. The van der Waals surface area contributed by atoms with Gasteiger partial charge in [-0.3, -0.25) is 4.79 Å². The molecule has 0 radical (unpaired) electrons. The molecule has 4 rings (SSSR count). The Hall–Kier alpha value is -2.79. The zero-order valence-corrected chi connectivity index (χ0v) is 15.8. The normalized spacial score (nSPS) is 20.4. The van der Waals surface area contributed by atoms with E-state index in [1.165, 1.54) is 0 Å². The molecule has 2 aromatic carbocycles. The van der Waals surface area contributed by atoms with Gasteiger partial charge in [0.2, 0.25) is 5.91 Å². The van der Waals surface area contributed by atoms with Crippen LogP contribution in [0.25, 0.3) is 6.08 Å². The van der Waals surface area contributed by atoms with Crippen LogP contribution in [0.1, 0.15) is 30.1 Å². The van der Waals surface area contributed by atoms with Crippen LogP contribution < -0.4 is 9.47 Å². The SMILES string of the molecule is O=C1C(C(O)c2ccc3c(c2)OCCO3)CCCN1C/C=C/c1ccccc1. The molecule has 28 heavy (non-hydrogen) atoms. The number of carbonyl (C=O) groups excluding carboxylic acids is 1. The molecule has 1 amide bonds. The molecule has 2 aromatic rings. The lowest BCUT2D eigenvalue weighted by Crippen LogP contribution is -2.43. The molecule has 2 unspecified atom stereocenters. The van der Waals surface area contributed by atoms with Crippen molar-refractivity contribution in [2.75, 3.05) is 26.3 Å². The first-order valence-corrected chi connectivity index (χ1v) is 9.80. The molecule has 0 aromatic heterocycles. The molecule has 0 bridgehead atoms. The van der Waals surface area contributed by atoms with Crippen LogP contribution in [0.2, 0.25) is 0 Å². The molecule has 5 heteroatoms. The van der Waals surface area contributed by atoms with Crippen LogP contribution in [0.5, 0.6) is 11.5 Å². The van der Waals surface area contributed by atoms with Crippen LogP contribution in [0.4, 0.5) is 0 Å². The maximum absolute atomic E-state index is 12.9. The van der Waals surface area contributed by atoms with Crippen LogP contribution >= 0.6 is 0 Å². The summed E-state index contributed by atoms with van der Waals surface area (Å²) >= 11 is 0. The number of likely N-dealkylation sites (tertiary alicyclic amines) is 1. The van der Waals surface area contributed by atoms with Gasteiger partial charge in [-0.25, -0.2) is 0 Å². The third-order valence-corrected chi connectivity index (χ3v) is 5.30. The first-order valence-electron chi connectivity index (χ1n) is 9.80. The van der Waals surface area contributed by atoms with Crippen molar-refractivity contribution >= 4 is 12.0 Å². The van der Waals surface area contributed by atoms with Gasteiger partial charge in [-0.2, -0.15) is 0 Å². The number of fused-ring (bicyclic) bond motifs is 1. The van der Waals surface area contributed by atoms with Crippen LogP contribution in [0.15, 0.2) is 54.6 Å². The fourth-order valence-corrected chi connectivity index (χ4v) is 3.80. The van der Waals surface area contributed by atoms with E-state index in [0.717, 1.165) is 18.5 Å². The smallest absolute Gasteiger partial charge is 0.228 e. The zero-order valence-electron chi connectivity index (χ0n) is 15.8. The summed E-state index contributed by atoms with van der Waals surface area (Å²) in [4.78, 5) is 14.8. The Kier molecular flexibility index (Phi) is 5.63. The summed E-state index contributed by atoms with van der Waals surface area (Å²) in [5.41, 5.74) is 1.81. The lowest BCUT2D eigenvalue weighted by molar-refractivity contribution is -0.142. The van der Waals surface area contributed by atoms with Gasteiger partial charge in [0.15, 0.2) is 11.5 Å². The Morgan fingerprint density at radius 3 is 2.71 bits per heavy atom. The number of piperidine rings is 1. The summed E-state index contributed by atoms with van der Waals surface area (Å²) in [6, 6.07) is 15.4. The van der Waals surface area contributed by atoms with Gasteiger partial charge in [-0.15, -0.1) is 0 Å². The van der Waals surface area contributed by atoms with Gasteiger partial charge in [0.25, 0.3) is 0 Å². The number of aliphatic hydroxyl groups excluding tert-OH is 1. The predicted octanol–water partition coefficient (Wildman–Crippen LogP) is 3.44. The van der Waals surface area contributed by atoms with E-state index < -0.39 is 12.0 Å². The molecule has 2 aliphatic heterocycles. The standard InChI is InChI=1S/C23H25NO4/c25-22(18-10-11-20-21(16-18)28-15-14-27-20)19-9-5-13-24(23(19)26)12-4-8-17-6-2-1-3-7-17/h1-4,6-8,10-11,16,19,22,25H,5,9,12-15H2/b8-4+. The number of carbonyl (C=O) groups is 1. The Bertz CT molecular complexity index is 849. The van der Waals surface area contributed by atoms with Crippen molar-refractivity contribution in [2.24, 2.45) is 5.92 Å². The highest BCUT2D eigenvalue weighted by molar-refractivity contribution is 5.80. The Morgan fingerprint density at radius 1 is 1.11 bits per heavy atom. The quantitative estimate of drug-likeness (QED) is 0.865. The molecule has 1 saturated heterocycles. The summed E-state index contributed by atoms with van der Waals surface area (Å²) in [6.45, 7) is 2.30. The summed E-state index contributed by atoms with van der Waals surface area (Å²) in [5, 5.41) is 10.9. The van der Waals surface area contributed by atoms with Gasteiger partial charge in [0, 0.05) is 13.1 Å². The molecule has 0 aliphatic carbocycles. The van der Waals surface area contributed by atoms with Crippen molar-refractivity contribution in [3.05, 3.63) is 65.7 Å². The topological polar surface area (TPSA) is 59.0 Å². The fraction of sp³-hybridized carbons (Fsp3) is 0.348. The van der Waals surface area contributed by atoms with Crippen molar-refractivity contribution in [3.63, 3.8) is 0 Å². The van der Waals surface area contributed by atoms with Crippen LogP contribution in [-0.4, -0.2) is 42.2 Å². The van der Waals surface area contributed by atoms with Gasteiger partial charge >= 0.3 is 0 Å². The van der Waals surface area contributed by atoms with Gasteiger partial charge in [-0.1, -0.05) is 48.6 Å². The van der Waals surface area contributed by atoms with E-state index in [2.05, 4.69) is 0 Å². The lowest BCUT2D eigenvalue weighted by Gasteiger charge is -2.34. The molecule has 2 heterocycles. The highest BCUT2D eigenvalue weighted by Crippen LogP contribution is 2.36. The van der Waals surface area contributed by atoms with Crippen molar-refractivity contribution in [1.82, 2.24) is 4.90 Å². The molecular weight excluding hydrogens is 354 g/mol. The number of nitrogens with zero attached hydrogens (tertiary/aromatic N) is 1. The largest absolute Gasteiger partial charge is 0.486 e. The maximum atomic E-state index is 12.9. The third kappa shape index (κ3) is 4.04. The number of hydrogen-bond acceptors (Lipinski definition) is 4. The minimum atomic E-state index is -0.843. The number of rotatable bonds is 5. The van der Waals surface area contributed by atoms with Crippen molar-refractivity contribution in [1.29, 1.82) is 0 Å². The Morgan fingerprint density at radius 2 is 1.89 bits per heavy atom. The monoisotopic (exact) mass is 379 g/mol. The van der Waals surface area contributed by atoms with E-state index in [1.54, 1.807) is 12.1 Å². The molecular formula is C23H25NO4. The average molecular weight is 379 g/mol. The molecule has 2 aliphatic rings. The van der Waals surface area contributed by atoms with Gasteiger partial charge < -0.3 is 19.5 Å². The number of aliphatic hydroxyl groups is 1. The van der Waals surface area contributed by atoms with E-state index in [9.17, 15) is 9.90 Å². The maximum Gasteiger partial charge on any atom is 0.228 e.